The number of nitrogens with zero attached hydrogens (tertiary/aromatic N) is 2. The van der Waals surface area contributed by atoms with Crippen LogP contribution < -0.4 is 9.80 Å². The van der Waals surface area contributed by atoms with Crippen molar-refractivity contribution in [3.63, 3.8) is 0 Å². The number of benzene rings is 2. The van der Waals surface area contributed by atoms with E-state index in [-0.39, 0.29) is 23.8 Å². The molecule has 0 N–H and O–H groups in total. The third-order valence-corrected chi connectivity index (χ3v) is 7.18. The van der Waals surface area contributed by atoms with E-state index in [2.05, 4.69) is 60.7 Å². The third-order valence-electron chi connectivity index (χ3n) is 7.18. The molecule has 0 radical (unpaired) electrons. The number of anilines is 2. The minimum atomic E-state index is -0.451. The zero-order valence-electron chi connectivity index (χ0n) is 21.1. The largest absolute Gasteiger partial charge is 0.465 e. The molecule has 2 aromatic carbocycles. The molecule has 4 unspecified atom stereocenters. The van der Waals surface area contributed by atoms with Crippen LogP contribution in [0, 0.1) is 23.7 Å². The van der Waals surface area contributed by atoms with Gasteiger partial charge in [-0.1, -0.05) is 36.4 Å². The van der Waals surface area contributed by atoms with Gasteiger partial charge in [-0.25, -0.2) is 0 Å². The SMILES string of the molecule is CN(C)c1ccc(CCOC(=O)C2C3C=CC(C3)C2C(=O)OCCc2ccc(N(C)C)cc2)cc1. The van der Waals surface area contributed by atoms with Gasteiger partial charge in [0.05, 0.1) is 25.0 Å². The number of esters is 2. The van der Waals surface area contributed by atoms with Crippen LogP contribution in [0.5, 0.6) is 0 Å². The molecule has 1 fully saturated rings. The molecule has 0 heterocycles. The van der Waals surface area contributed by atoms with E-state index in [1.165, 1.54) is 0 Å². The van der Waals surface area contributed by atoms with E-state index < -0.39 is 11.8 Å². The van der Waals surface area contributed by atoms with Gasteiger partial charge in [0.25, 0.3) is 0 Å². The highest BCUT2D eigenvalue weighted by Gasteiger charge is 2.53. The van der Waals surface area contributed by atoms with Crippen LogP contribution in [0.25, 0.3) is 0 Å². The maximum absolute atomic E-state index is 13.0. The standard InChI is InChI=1S/C29H36N2O4/c1-30(2)24-11-5-20(6-12-24)15-17-34-28(32)26-22-9-10-23(19-22)27(26)29(33)35-18-16-21-7-13-25(14-8-21)31(3)4/h5-14,22-23,26-27H,15-19H2,1-4H3. The second-order valence-corrected chi connectivity index (χ2v) is 9.96. The lowest BCUT2D eigenvalue weighted by molar-refractivity contribution is -0.161. The van der Waals surface area contributed by atoms with E-state index in [0.29, 0.717) is 26.1 Å². The molecular formula is C29H36N2O4. The molecule has 186 valence electrons. The van der Waals surface area contributed by atoms with Gasteiger partial charge in [-0.3, -0.25) is 9.59 Å². The van der Waals surface area contributed by atoms with Crippen molar-refractivity contribution in [1.29, 1.82) is 0 Å². The van der Waals surface area contributed by atoms with Gasteiger partial charge in [0.15, 0.2) is 0 Å². The highest BCUT2D eigenvalue weighted by atomic mass is 16.5. The van der Waals surface area contributed by atoms with Crippen molar-refractivity contribution in [3.8, 4) is 0 Å². The predicted molar refractivity (Wildman–Crippen MR) is 139 cm³/mol. The molecule has 0 saturated heterocycles. The van der Waals surface area contributed by atoms with Crippen LogP contribution in [0.15, 0.2) is 60.7 Å². The number of fused-ring (bicyclic) bond motifs is 2. The van der Waals surface area contributed by atoms with E-state index in [0.717, 1.165) is 28.9 Å². The molecule has 4 rings (SSSR count). The van der Waals surface area contributed by atoms with Crippen molar-refractivity contribution >= 4 is 23.3 Å². The second kappa shape index (κ2) is 11.0. The Labute approximate surface area is 208 Å². The van der Waals surface area contributed by atoms with Gasteiger partial charge in [0, 0.05) is 52.4 Å². The average molecular weight is 477 g/mol. The predicted octanol–water partition coefficient (Wildman–Crippen LogP) is 4.13. The first-order valence-electron chi connectivity index (χ1n) is 12.4. The maximum atomic E-state index is 13.0. The van der Waals surface area contributed by atoms with Gasteiger partial charge in [-0.05, 0) is 53.6 Å². The van der Waals surface area contributed by atoms with Gasteiger partial charge < -0.3 is 19.3 Å². The van der Waals surface area contributed by atoms with Gasteiger partial charge in [0.1, 0.15) is 0 Å². The summed E-state index contributed by atoms with van der Waals surface area (Å²) in [6.07, 6.45) is 6.24. The summed E-state index contributed by atoms with van der Waals surface area (Å²) in [6, 6.07) is 16.4. The third kappa shape index (κ3) is 5.87. The lowest BCUT2D eigenvalue weighted by Crippen LogP contribution is -2.35. The molecule has 2 bridgehead atoms. The molecule has 4 atom stereocenters. The molecule has 6 heteroatoms. The number of carbonyl (C=O) groups excluding carboxylic acids is 2. The lowest BCUT2D eigenvalue weighted by atomic mass is 9.83. The number of allylic oxidation sites excluding steroid dienone is 2. The summed E-state index contributed by atoms with van der Waals surface area (Å²) in [5.74, 6) is -1.35. The Bertz CT molecular complexity index is 960. The van der Waals surface area contributed by atoms with Crippen molar-refractivity contribution in [3.05, 3.63) is 71.8 Å². The Morgan fingerprint density at radius 1 is 0.686 bits per heavy atom. The molecule has 0 aliphatic heterocycles. The Morgan fingerprint density at radius 2 is 1.06 bits per heavy atom. The average Bonchev–Trinajstić information content (AvgIpc) is 3.46. The molecule has 0 aromatic heterocycles. The van der Waals surface area contributed by atoms with Gasteiger partial charge in [-0.15, -0.1) is 0 Å². The first kappa shape index (κ1) is 24.8. The van der Waals surface area contributed by atoms with Crippen LogP contribution in [-0.4, -0.2) is 53.3 Å². The summed E-state index contributed by atoms with van der Waals surface area (Å²) in [5.41, 5.74) is 4.49. The summed E-state index contributed by atoms with van der Waals surface area (Å²) in [4.78, 5) is 30.1. The van der Waals surface area contributed by atoms with Crippen LogP contribution in [0.2, 0.25) is 0 Å². The lowest BCUT2D eigenvalue weighted by Gasteiger charge is -2.25. The minimum Gasteiger partial charge on any atom is -0.465 e. The molecule has 2 aliphatic carbocycles. The molecule has 1 saturated carbocycles. The normalized spacial score (nSPS) is 22.2. The first-order chi connectivity index (χ1) is 16.8. The minimum absolute atomic E-state index is 0.0583. The second-order valence-electron chi connectivity index (χ2n) is 9.96. The fourth-order valence-corrected chi connectivity index (χ4v) is 5.12. The van der Waals surface area contributed by atoms with E-state index in [1.807, 2.05) is 38.0 Å². The topological polar surface area (TPSA) is 59.1 Å². The molecule has 6 nitrogen and oxygen atoms in total. The Kier molecular flexibility index (Phi) is 7.79. The number of hydrogen-bond acceptors (Lipinski definition) is 6. The summed E-state index contributed by atoms with van der Waals surface area (Å²) in [5, 5.41) is 0. The molecule has 0 spiro atoms. The van der Waals surface area contributed by atoms with Crippen LogP contribution in [0.4, 0.5) is 11.4 Å². The number of hydrogen-bond donors (Lipinski definition) is 0. The molecule has 2 aromatic rings. The van der Waals surface area contributed by atoms with Crippen molar-refractivity contribution in [2.75, 3.05) is 51.2 Å². The summed E-state index contributed by atoms with van der Waals surface area (Å²) in [7, 11) is 8.02. The zero-order chi connectivity index (χ0) is 24.9. The monoisotopic (exact) mass is 476 g/mol. The van der Waals surface area contributed by atoms with Gasteiger partial charge in [-0.2, -0.15) is 0 Å². The van der Waals surface area contributed by atoms with Crippen molar-refractivity contribution in [2.45, 2.75) is 19.3 Å². The van der Waals surface area contributed by atoms with E-state index in [1.54, 1.807) is 0 Å². The van der Waals surface area contributed by atoms with Crippen LogP contribution in [-0.2, 0) is 31.9 Å². The number of carbonyl (C=O) groups is 2. The van der Waals surface area contributed by atoms with E-state index >= 15 is 0 Å². The van der Waals surface area contributed by atoms with Crippen molar-refractivity contribution < 1.29 is 19.1 Å². The Hall–Kier alpha value is -3.28. The van der Waals surface area contributed by atoms with Crippen LogP contribution in [0.3, 0.4) is 0 Å². The number of rotatable bonds is 10. The fraction of sp³-hybridized carbons (Fsp3) is 0.448. The molecule has 2 aliphatic rings. The highest BCUT2D eigenvalue weighted by Crippen LogP contribution is 2.49. The highest BCUT2D eigenvalue weighted by molar-refractivity contribution is 5.84. The van der Waals surface area contributed by atoms with E-state index in [9.17, 15) is 9.59 Å². The number of ether oxygens (including phenoxy) is 2. The fourth-order valence-electron chi connectivity index (χ4n) is 5.12. The summed E-state index contributed by atoms with van der Waals surface area (Å²) < 4.78 is 11.3. The molecule has 35 heavy (non-hydrogen) atoms. The Balaban J connectivity index is 1.28. The smallest absolute Gasteiger partial charge is 0.310 e. The summed E-state index contributed by atoms with van der Waals surface area (Å²) in [6.45, 7) is 0.616. The Morgan fingerprint density at radius 3 is 1.40 bits per heavy atom. The molecule has 0 amide bonds. The van der Waals surface area contributed by atoms with Crippen molar-refractivity contribution in [2.24, 2.45) is 23.7 Å². The quantitative estimate of drug-likeness (QED) is 0.380. The van der Waals surface area contributed by atoms with Crippen molar-refractivity contribution in [1.82, 2.24) is 0 Å². The maximum Gasteiger partial charge on any atom is 0.310 e. The van der Waals surface area contributed by atoms with Gasteiger partial charge in [0.2, 0.25) is 0 Å². The zero-order valence-corrected chi connectivity index (χ0v) is 21.1. The molecular weight excluding hydrogens is 440 g/mol. The van der Waals surface area contributed by atoms with E-state index in [4.69, 9.17) is 9.47 Å². The summed E-state index contributed by atoms with van der Waals surface area (Å²) >= 11 is 0. The van der Waals surface area contributed by atoms with Gasteiger partial charge >= 0.3 is 11.9 Å². The van der Waals surface area contributed by atoms with Crippen LogP contribution >= 0.6 is 0 Å². The van der Waals surface area contributed by atoms with Crippen LogP contribution in [0.1, 0.15) is 17.5 Å². The first-order valence-corrected chi connectivity index (χ1v) is 12.4.